The molecular weight excluding hydrogens is 257 g/mol. The highest BCUT2D eigenvalue weighted by atomic mass is 35.5. The van der Waals surface area contributed by atoms with Crippen molar-refractivity contribution in [3.05, 3.63) is 34.6 Å². The number of carboxylic acids is 1. The van der Waals surface area contributed by atoms with E-state index in [0.717, 1.165) is 12.8 Å². The number of likely N-dealkylation sites (tertiary alicyclic amines) is 1. The quantitative estimate of drug-likeness (QED) is 0.919. The van der Waals surface area contributed by atoms with Crippen LogP contribution in [0.15, 0.2) is 18.2 Å². The summed E-state index contributed by atoms with van der Waals surface area (Å²) in [4.78, 5) is 13.0. The lowest BCUT2D eigenvalue weighted by molar-refractivity contribution is -0.144. The first-order valence-corrected chi connectivity index (χ1v) is 6.37. The zero-order chi connectivity index (χ0) is 13.1. The first kappa shape index (κ1) is 13.3. The minimum absolute atomic E-state index is 0.0900. The summed E-state index contributed by atoms with van der Waals surface area (Å²) < 4.78 is 13.3. The Hall–Kier alpha value is -1.13. The van der Waals surface area contributed by atoms with Crippen LogP contribution in [0, 0.1) is 5.82 Å². The van der Waals surface area contributed by atoms with Gasteiger partial charge in [0.15, 0.2) is 0 Å². The van der Waals surface area contributed by atoms with Crippen LogP contribution in [0.1, 0.15) is 24.8 Å². The lowest BCUT2D eigenvalue weighted by Gasteiger charge is -2.33. The third kappa shape index (κ3) is 2.82. The van der Waals surface area contributed by atoms with E-state index in [1.54, 1.807) is 12.1 Å². The topological polar surface area (TPSA) is 40.5 Å². The fraction of sp³-hybridized carbons (Fsp3) is 0.462. The highest BCUT2D eigenvalue weighted by molar-refractivity contribution is 6.31. The van der Waals surface area contributed by atoms with E-state index in [1.165, 1.54) is 6.07 Å². The number of nitrogens with zero attached hydrogens (tertiary/aromatic N) is 1. The molecule has 1 saturated heterocycles. The summed E-state index contributed by atoms with van der Waals surface area (Å²) >= 11 is 5.89. The summed E-state index contributed by atoms with van der Waals surface area (Å²) in [6.45, 7) is 1.09. The van der Waals surface area contributed by atoms with Crippen molar-refractivity contribution in [2.45, 2.75) is 31.8 Å². The highest BCUT2D eigenvalue weighted by Gasteiger charge is 2.28. The zero-order valence-corrected chi connectivity index (χ0v) is 10.7. The van der Waals surface area contributed by atoms with E-state index >= 15 is 0 Å². The molecule has 2 rings (SSSR count). The van der Waals surface area contributed by atoms with E-state index < -0.39 is 17.8 Å². The number of hydrogen-bond donors (Lipinski definition) is 1. The van der Waals surface area contributed by atoms with Gasteiger partial charge in [-0.05, 0) is 31.0 Å². The smallest absolute Gasteiger partial charge is 0.320 e. The van der Waals surface area contributed by atoms with E-state index in [-0.39, 0.29) is 5.02 Å². The summed E-state index contributed by atoms with van der Waals surface area (Å²) in [5, 5.41) is 9.25. The summed E-state index contributed by atoms with van der Waals surface area (Å²) in [6.07, 6.45) is 2.53. The Bertz CT molecular complexity index is 453. The Balaban J connectivity index is 2.16. The fourth-order valence-corrected chi connectivity index (χ4v) is 2.54. The maximum absolute atomic E-state index is 13.3. The monoisotopic (exact) mass is 271 g/mol. The number of carbonyl (C=O) groups is 1. The standard InChI is InChI=1S/C13H15ClFNO2/c14-12-9(4-3-5-10(12)15)8-16-7-2-1-6-11(16)13(17)18/h3-5,11H,1-2,6-8H2,(H,17,18). The van der Waals surface area contributed by atoms with Crippen LogP contribution in [0.5, 0.6) is 0 Å². The molecule has 0 bridgehead atoms. The minimum Gasteiger partial charge on any atom is -0.480 e. The molecule has 0 spiro atoms. The second kappa shape index (κ2) is 5.67. The molecule has 1 heterocycles. The number of aliphatic carboxylic acids is 1. The van der Waals surface area contributed by atoms with Gasteiger partial charge in [-0.3, -0.25) is 9.69 Å². The number of piperidine rings is 1. The largest absolute Gasteiger partial charge is 0.480 e. The SMILES string of the molecule is O=C(O)C1CCCCN1Cc1cccc(F)c1Cl. The minimum atomic E-state index is -0.817. The predicted molar refractivity (Wildman–Crippen MR) is 67.1 cm³/mol. The van der Waals surface area contributed by atoms with Crippen molar-refractivity contribution in [2.24, 2.45) is 0 Å². The van der Waals surface area contributed by atoms with Crippen LogP contribution < -0.4 is 0 Å². The lowest BCUT2D eigenvalue weighted by Crippen LogP contribution is -2.44. The van der Waals surface area contributed by atoms with Crippen molar-refractivity contribution in [1.29, 1.82) is 0 Å². The van der Waals surface area contributed by atoms with Crippen LogP contribution in [-0.4, -0.2) is 28.6 Å². The maximum atomic E-state index is 13.3. The lowest BCUT2D eigenvalue weighted by atomic mass is 10.0. The molecule has 1 aliphatic rings. The maximum Gasteiger partial charge on any atom is 0.320 e. The van der Waals surface area contributed by atoms with E-state index in [0.29, 0.717) is 25.1 Å². The van der Waals surface area contributed by atoms with Crippen LogP contribution in [0.4, 0.5) is 4.39 Å². The van der Waals surface area contributed by atoms with Crippen LogP contribution in [0.25, 0.3) is 0 Å². The molecule has 1 atom stereocenters. The van der Waals surface area contributed by atoms with Crippen molar-refractivity contribution in [3.8, 4) is 0 Å². The van der Waals surface area contributed by atoms with Crippen LogP contribution in [0.2, 0.25) is 5.02 Å². The van der Waals surface area contributed by atoms with Gasteiger partial charge in [0.25, 0.3) is 0 Å². The molecule has 1 N–H and O–H groups in total. The average Bonchev–Trinajstić information content (AvgIpc) is 2.35. The molecule has 1 aliphatic heterocycles. The molecule has 0 aromatic heterocycles. The van der Waals surface area contributed by atoms with Gasteiger partial charge in [-0.15, -0.1) is 0 Å². The molecule has 0 saturated carbocycles. The Morgan fingerprint density at radius 2 is 2.28 bits per heavy atom. The normalized spacial score (nSPS) is 20.9. The molecule has 18 heavy (non-hydrogen) atoms. The van der Waals surface area contributed by atoms with Crippen molar-refractivity contribution >= 4 is 17.6 Å². The zero-order valence-electron chi connectivity index (χ0n) is 9.90. The molecule has 0 aliphatic carbocycles. The highest BCUT2D eigenvalue weighted by Crippen LogP contribution is 2.25. The van der Waals surface area contributed by atoms with Crippen LogP contribution in [0.3, 0.4) is 0 Å². The third-order valence-corrected chi connectivity index (χ3v) is 3.73. The van der Waals surface area contributed by atoms with Gasteiger partial charge >= 0.3 is 5.97 Å². The molecular formula is C13H15ClFNO2. The second-order valence-corrected chi connectivity index (χ2v) is 4.91. The number of benzene rings is 1. The van der Waals surface area contributed by atoms with E-state index in [2.05, 4.69) is 0 Å². The first-order valence-electron chi connectivity index (χ1n) is 5.99. The second-order valence-electron chi connectivity index (χ2n) is 4.53. The predicted octanol–water partition coefficient (Wildman–Crippen LogP) is 2.92. The van der Waals surface area contributed by atoms with Crippen molar-refractivity contribution < 1.29 is 14.3 Å². The summed E-state index contributed by atoms with van der Waals surface area (Å²) in [6, 6.07) is 4.14. The molecule has 98 valence electrons. The Morgan fingerprint density at radius 1 is 1.50 bits per heavy atom. The van der Waals surface area contributed by atoms with Gasteiger partial charge in [0, 0.05) is 6.54 Å². The molecule has 5 heteroatoms. The van der Waals surface area contributed by atoms with Crippen LogP contribution >= 0.6 is 11.6 Å². The fourth-order valence-electron chi connectivity index (χ4n) is 2.35. The third-order valence-electron chi connectivity index (χ3n) is 3.30. The van der Waals surface area contributed by atoms with Gasteiger partial charge < -0.3 is 5.11 Å². The van der Waals surface area contributed by atoms with Gasteiger partial charge in [-0.2, -0.15) is 0 Å². The Morgan fingerprint density at radius 3 is 3.00 bits per heavy atom. The number of rotatable bonds is 3. The van der Waals surface area contributed by atoms with Gasteiger partial charge in [-0.25, -0.2) is 4.39 Å². The van der Waals surface area contributed by atoms with Crippen molar-refractivity contribution in [2.75, 3.05) is 6.54 Å². The Kier molecular flexibility index (Phi) is 4.19. The van der Waals surface area contributed by atoms with Gasteiger partial charge in [-0.1, -0.05) is 30.2 Å². The molecule has 1 aromatic carbocycles. The van der Waals surface area contributed by atoms with Crippen molar-refractivity contribution in [3.63, 3.8) is 0 Å². The van der Waals surface area contributed by atoms with Gasteiger partial charge in [0.2, 0.25) is 0 Å². The molecule has 1 unspecified atom stereocenters. The van der Waals surface area contributed by atoms with Gasteiger partial charge in [0.05, 0.1) is 5.02 Å². The van der Waals surface area contributed by atoms with Crippen LogP contribution in [-0.2, 0) is 11.3 Å². The number of hydrogen-bond acceptors (Lipinski definition) is 2. The molecule has 3 nitrogen and oxygen atoms in total. The summed E-state index contributed by atoms with van der Waals surface area (Å²) in [5.74, 6) is -1.28. The molecule has 0 radical (unpaired) electrons. The Labute approximate surface area is 110 Å². The molecule has 1 aromatic rings. The first-order chi connectivity index (χ1) is 8.59. The average molecular weight is 272 g/mol. The van der Waals surface area contributed by atoms with E-state index in [9.17, 15) is 9.18 Å². The molecule has 1 fully saturated rings. The van der Waals surface area contributed by atoms with E-state index in [1.807, 2.05) is 4.90 Å². The van der Waals surface area contributed by atoms with E-state index in [4.69, 9.17) is 16.7 Å². The van der Waals surface area contributed by atoms with Crippen molar-refractivity contribution in [1.82, 2.24) is 4.90 Å². The number of halogens is 2. The molecule has 0 amide bonds. The van der Waals surface area contributed by atoms with Gasteiger partial charge in [0.1, 0.15) is 11.9 Å². The summed E-state index contributed by atoms with van der Waals surface area (Å²) in [7, 11) is 0. The summed E-state index contributed by atoms with van der Waals surface area (Å²) in [5.41, 5.74) is 0.643. The number of carboxylic acid groups (broad SMARTS) is 1.